The standard InChI is InChI=1S/C19H17ClNO5P/c1-12-9-15(20)7-8-17(12)21-19(22)16-10-13-5-3-4-6-14(13)11-18(16)26-27(23,24)25-2/h3-11H,1-2H3,(H,21,22)(H,23,24). The van der Waals surface area contributed by atoms with E-state index in [-0.39, 0.29) is 11.3 Å². The first-order valence-electron chi connectivity index (χ1n) is 7.97. The van der Waals surface area contributed by atoms with E-state index in [0.29, 0.717) is 10.7 Å². The van der Waals surface area contributed by atoms with E-state index in [1.54, 1.807) is 24.3 Å². The lowest BCUT2D eigenvalue weighted by molar-refractivity contribution is 0.102. The molecule has 3 aromatic carbocycles. The van der Waals surface area contributed by atoms with Gasteiger partial charge in [-0.3, -0.25) is 14.2 Å². The fourth-order valence-electron chi connectivity index (χ4n) is 2.59. The molecule has 1 amide bonds. The summed E-state index contributed by atoms with van der Waals surface area (Å²) in [6.07, 6.45) is 0. The minimum Gasteiger partial charge on any atom is -0.403 e. The van der Waals surface area contributed by atoms with Crippen molar-refractivity contribution in [3.63, 3.8) is 0 Å². The number of phosphoric acid groups is 1. The SMILES string of the molecule is COP(=O)(O)Oc1cc2ccccc2cc1C(=O)Nc1ccc(Cl)cc1C. The zero-order chi connectivity index (χ0) is 19.6. The Morgan fingerprint density at radius 1 is 1.11 bits per heavy atom. The number of hydrogen-bond donors (Lipinski definition) is 2. The highest BCUT2D eigenvalue weighted by Gasteiger charge is 2.25. The first kappa shape index (κ1) is 19.4. The molecule has 3 aromatic rings. The number of carbonyl (C=O) groups excluding carboxylic acids is 1. The normalized spacial score (nSPS) is 13.2. The van der Waals surface area contributed by atoms with Gasteiger partial charge in [0, 0.05) is 17.8 Å². The second kappa shape index (κ2) is 7.71. The summed E-state index contributed by atoms with van der Waals surface area (Å²) in [4.78, 5) is 22.5. The predicted octanol–water partition coefficient (Wildman–Crippen LogP) is 5.18. The average Bonchev–Trinajstić information content (AvgIpc) is 2.63. The highest BCUT2D eigenvalue weighted by atomic mass is 35.5. The Balaban J connectivity index is 2.04. The number of carbonyl (C=O) groups is 1. The second-order valence-corrected chi connectivity index (χ2v) is 7.77. The topological polar surface area (TPSA) is 84.9 Å². The van der Waals surface area contributed by atoms with Crippen molar-refractivity contribution in [1.82, 2.24) is 0 Å². The van der Waals surface area contributed by atoms with Crippen molar-refractivity contribution in [2.24, 2.45) is 0 Å². The van der Waals surface area contributed by atoms with Crippen LogP contribution in [0.2, 0.25) is 5.02 Å². The van der Waals surface area contributed by atoms with Crippen LogP contribution in [-0.4, -0.2) is 17.9 Å². The van der Waals surface area contributed by atoms with Gasteiger partial charge in [-0.15, -0.1) is 0 Å². The molecular formula is C19H17ClNO5P. The number of rotatable bonds is 5. The van der Waals surface area contributed by atoms with Crippen molar-refractivity contribution >= 4 is 41.8 Å². The van der Waals surface area contributed by atoms with Gasteiger partial charge < -0.3 is 9.84 Å². The van der Waals surface area contributed by atoms with Crippen molar-refractivity contribution in [3.05, 3.63) is 70.7 Å². The smallest absolute Gasteiger partial charge is 0.403 e. The summed E-state index contributed by atoms with van der Waals surface area (Å²) in [6.45, 7) is 1.81. The maximum Gasteiger partial charge on any atom is 0.527 e. The highest BCUT2D eigenvalue weighted by Crippen LogP contribution is 2.44. The third-order valence-corrected chi connectivity index (χ3v) is 5.10. The van der Waals surface area contributed by atoms with Crippen LogP contribution in [0.1, 0.15) is 15.9 Å². The third-order valence-electron chi connectivity index (χ3n) is 3.97. The quantitative estimate of drug-likeness (QED) is 0.571. The van der Waals surface area contributed by atoms with E-state index in [4.69, 9.17) is 16.1 Å². The molecule has 3 rings (SSSR count). The molecule has 0 aliphatic rings. The van der Waals surface area contributed by atoms with Crippen LogP contribution in [0.5, 0.6) is 5.75 Å². The molecule has 1 atom stereocenters. The Morgan fingerprint density at radius 2 is 1.78 bits per heavy atom. The molecule has 6 nitrogen and oxygen atoms in total. The minimum atomic E-state index is -4.34. The summed E-state index contributed by atoms with van der Waals surface area (Å²) in [5.74, 6) is -0.539. The average molecular weight is 406 g/mol. The molecule has 0 saturated heterocycles. The number of halogens is 1. The maximum absolute atomic E-state index is 12.9. The summed E-state index contributed by atoms with van der Waals surface area (Å²) in [5.41, 5.74) is 1.46. The van der Waals surface area contributed by atoms with E-state index in [1.165, 1.54) is 6.07 Å². The molecule has 27 heavy (non-hydrogen) atoms. The molecule has 1 unspecified atom stereocenters. The van der Waals surface area contributed by atoms with Gasteiger partial charge in [-0.05, 0) is 53.6 Å². The first-order chi connectivity index (χ1) is 12.8. The van der Waals surface area contributed by atoms with E-state index in [9.17, 15) is 14.3 Å². The molecule has 0 aromatic heterocycles. The van der Waals surface area contributed by atoms with Gasteiger partial charge in [0.15, 0.2) is 0 Å². The number of aryl methyl sites for hydroxylation is 1. The number of benzene rings is 3. The number of phosphoric ester groups is 1. The van der Waals surface area contributed by atoms with Crippen LogP contribution in [0.4, 0.5) is 5.69 Å². The van der Waals surface area contributed by atoms with E-state index in [1.807, 2.05) is 31.2 Å². The predicted molar refractivity (Wildman–Crippen MR) is 106 cm³/mol. The molecule has 0 aliphatic carbocycles. The van der Waals surface area contributed by atoms with Crippen LogP contribution in [0.25, 0.3) is 10.8 Å². The summed E-state index contributed by atoms with van der Waals surface area (Å²) in [7, 11) is -3.28. The van der Waals surface area contributed by atoms with Gasteiger partial charge in [-0.2, -0.15) is 0 Å². The summed E-state index contributed by atoms with van der Waals surface area (Å²) < 4.78 is 21.5. The largest absolute Gasteiger partial charge is 0.527 e. The van der Waals surface area contributed by atoms with Gasteiger partial charge >= 0.3 is 7.82 Å². The Hall–Kier alpha value is -2.37. The van der Waals surface area contributed by atoms with Crippen LogP contribution >= 0.6 is 19.4 Å². The molecule has 0 bridgehead atoms. The molecular weight excluding hydrogens is 389 g/mol. The van der Waals surface area contributed by atoms with Crippen LogP contribution in [0.15, 0.2) is 54.6 Å². The molecule has 140 valence electrons. The third kappa shape index (κ3) is 4.49. The van der Waals surface area contributed by atoms with Crippen LogP contribution in [0.3, 0.4) is 0 Å². The lowest BCUT2D eigenvalue weighted by Gasteiger charge is -2.16. The molecule has 0 heterocycles. The Labute approximate surface area is 161 Å². The monoisotopic (exact) mass is 405 g/mol. The molecule has 0 spiro atoms. The van der Waals surface area contributed by atoms with Gasteiger partial charge in [-0.1, -0.05) is 35.9 Å². The lowest BCUT2D eigenvalue weighted by Crippen LogP contribution is -2.14. The summed E-state index contributed by atoms with van der Waals surface area (Å²) in [6, 6.07) is 15.5. The van der Waals surface area contributed by atoms with Crippen LogP contribution in [0, 0.1) is 6.92 Å². The molecule has 0 radical (unpaired) electrons. The molecule has 0 fully saturated rings. The van der Waals surface area contributed by atoms with Crippen molar-refractivity contribution in [2.45, 2.75) is 6.92 Å². The Kier molecular flexibility index (Phi) is 5.53. The first-order valence-corrected chi connectivity index (χ1v) is 9.85. The van der Waals surface area contributed by atoms with E-state index < -0.39 is 13.7 Å². The van der Waals surface area contributed by atoms with Crippen molar-refractivity contribution < 1.29 is 23.3 Å². The van der Waals surface area contributed by atoms with Gasteiger partial charge in [0.05, 0.1) is 5.56 Å². The number of hydrogen-bond acceptors (Lipinski definition) is 4. The maximum atomic E-state index is 12.9. The van der Waals surface area contributed by atoms with Crippen molar-refractivity contribution in [1.29, 1.82) is 0 Å². The minimum absolute atomic E-state index is 0.0505. The van der Waals surface area contributed by atoms with E-state index in [0.717, 1.165) is 23.4 Å². The fourth-order valence-corrected chi connectivity index (χ4v) is 3.29. The van der Waals surface area contributed by atoms with Crippen molar-refractivity contribution in [3.8, 4) is 5.75 Å². The number of anilines is 1. The van der Waals surface area contributed by atoms with E-state index in [2.05, 4.69) is 9.84 Å². The number of amides is 1. The number of fused-ring (bicyclic) bond motifs is 1. The summed E-state index contributed by atoms with van der Waals surface area (Å²) >= 11 is 5.94. The molecule has 2 N–H and O–H groups in total. The zero-order valence-corrected chi connectivity index (χ0v) is 16.3. The molecule has 8 heteroatoms. The Bertz CT molecular complexity index is 1070. The van der Waals surface area contributed by atoms with Gasteiger partial charge in [0.1, 0.15) is 5.75 Å². The highest BCUT2D eigenvalue weighted by molar-refractivity contribution is 7.47. The van der Waals surface area contributed by atoms with Gasteiger partial charge in [0.25, 0.3) is 5.91 Å². The van der Waals surface area contributed by atoms with Gasteiger partial charge in [-0.25, -0.2) is 4.57 Å². The molecule has 0 saturated carbocycles. The zero-order valence-electron chi connectivity index (χ0n) is 14.6. The molecule has 0 aliphatic heterocycles. The fraction of sp³-hybridized carbons (Fsp3) is 0.105. The number of nitrogens with one attached hydrogen (secondary N) is 1. The Morgan fingerprint density at radius 3 is 2.41 bits per heavy atom. The second-order valence-electron chi connectivity index (χ2n) is 5.85. The van der Waals surface area contributed by atoms with Crippen molar-refractivity contribution in [2.75, 3.05) is 12.4 Å². The van der Waals surface area contributed by atoms with E-state index >= 15 is 0 Å². The van der Waals surface area contributed by atoms with Crippen LogP contribution in [-0.2, 0) is 9.09 Å². The lowest BCUT2D eigenvalue weighted by atomic mass is 10.1. The summed E-state index contributed by atoms with van der Waals surface area (Å²) in [5, 5.41) is 4.87. The van der Waals surface area contributed by atoms with Crippen LogP contribution < -0.4 is 9.84 Å². The van der Waals surface area contributed by atoms with Gasteiger partial charge in [0.2, 0.25) is 0 Å².